The first-order valence-corrected chi connectivity index (χ1v) is 11.3. The van der Waals surface area contributed by atoms with E-state index in [1.54, 1.807) is 0 Å². The van der Waals surface area contributed by atoms with Gasteiger partial charge in [0.15, 0.2) is 11.7 Å². The number of aliphatic imine (C=N–C) groups is 1. The highest BCUT2D eigenvalue weighted by molar-refractivity contribution is 14.0. The molecule has 8 heteroatoms. The summed E-state index contributed by atoms with van der Waals surface area (Å²) in [5.41, 5.74) is 2.18. The Hall–Kier alpha value is -1.68. The average molecular weight is 540 g/mol. The lowest BCUT2D eigenvalue weighted by molar-refractivity contribution is 0.196. The molecule has 1 fully saturated rings. The van der Waals surface area contributed by atoms with Gasteiger partial charge in [0, 0.05) is 50.4 Å². The summed E-state index contributed by atoms with van der Waals surface area (Å²) in [6.07, 6.45) is 6.21. The van der Waals surface area contributed by atoms with Crippen molar-refractivity contribution in [2.24, 2.45) is 4.99 Å². The standard InChI is InChI=1S/C23H36N6O.HI/c1-4-18(5-2)22-15-21(30-28-22)16-26-23(24-6-3)27-19-10-13-29(14-11-19)17-20-9-7-8-12-25-20;/h7-9,12,15,18-19H,4-6,10-11,13-14,16-17H2,1-3H3,(H2,24,26,27);1H. The van der Waals surface area contributed by atoms with Crippen molar-refractivity contribution in [3.63, 3.8) is 0 Å². The molecule has 0 spiro atoms. The molecule has 0 saturated carbocycles. The summed E-state index contributed by atoms with van der Waals surface area (Å²) in [4.78, 5) is 11.6. The van der Waals surface area contributed by atoms with Gasteiger partial charge in [-0.3, -0.25) is 9.88 Å². The van der Waals surface area contributed by atoms with E-state index in [0.717, 1.165) is 75.0 Å². The van der Waals surface area contributed by atoms with Crippen LogP contribution in [0.15, 0.2) is 40.0 Å². The molecular weight excluding hydrogens is 503 g/mol. The molecule has 0 bridgehead atoms. The summed E-state index contributed by atoms with van der Waals surface area (Å²) in [6.45, 7) is 10.9. The predicted octanol–water partition coefficient (Wildman–Crippen LogP) is 4.31. The number of hydrogen-bond acceptors (Lipinski definition) is 5. The van der Waals surface area contributed by atoms with Gasteiger partial charge in [0.2, 0.25) is 0 Å². The lowest BCUT2D eigenvalue weighted by atomic mass is 9.99. The molecule has 0 amide bonds. The molecule has 0 aliphatic carbocycles. The van der Waals surface area contributed by atoms with E-state index >= 15 is 0 Å². The number of rotatable bonds is 9. The number of guanidine groups is 1. The van der Waals surface area contributed by atoms with E-state index in [2.05, 4.69) is 64.6 Å². The summed E-state index contributed by atoms with van der Waals surface area (Å²) in [5.74, 6) is 2.13. The van der Waals surface area contributed by atoms with Crippen molar-refractivity contribution in [3.8, 4) is 0 Å². The van der Waals surface area contributed by atoms with Crippen LogP contribution in [-0.2, 0) is 13.1 Å². The summed E-state index contributed by atoms with van der Waals surface area (Å²) >= 11 is 0. The highest BCUT2D eigenvalue weighted by Gasteiger charge is 2.20. The molecule has 2 N–H and O–H groups in total. The minimum absolute atomic E-state index is 0. The van der Waals surface area contributed by atoms with Crippen molar-refractivity contribution in [3.05, 3.63) is 47.6 Å². The molecule has 0 atom stereocenters. The second-order valence-electron chi connectivity index (χ2n) is 7.94. The summed E-state index contributed by atoms with van der Waals surface area (Å²) in [5, 5.41) is 11.2. The maximum absolute atomic E-state index is 5.51. The average Bonchev–Trinajstić information content (AvgIpc) is 3.24. The van der Waals surface area contributed by atoms with Crippen molar-refractivity contribution in [2.45, 2.75) is 71.5 Å². The van der Waals surface area contributed by atoms with Crippen molar-refractivity contribution in [1.29, 1.82) is 0 Å². The highest BCUT2D eigenvalue weighted by Crippen LogP contribution is 2.22. The maximum Gasteiger partial charge on any atom is 0.191 e. The van der Waals surface area contributed by atoms with Gasteiger partial charge in [-0.05, 0) is 44.7 Å². The van der Waals surface area contributed by atoms with Gasteiger partial charge in [0.25, 0.3) is 0 Å². The minimum atomic E-state index is 0. The van der Waals surface area contributed by atoms with Crippen LogP contribution in [0.5, 0.6) is 0 Å². The molecule has 1 saturated heterocycles. The monoisotopic (exact) mass is 540 g/mol. The van der Waals surface area contributed by atoms with Crippen LogP contribution in [0, 0.1) is 0 Å². The Balaban J connectivity index is 0.00000341. The Morgan fingerprint density at radius 3 is 2.65 bits per heavy atom. The topological polar surface area (TPSA) is 78.6 Å². The SMILES string of the molecule is CCNC(=NCc1cc(C(CC)CC)no1)NC1CCN(Cc2ccccn2)CC1.I. The third-order valence-electron chi connectivity index (χ3n) is 5.76. The van der Waals surface area contributed by atoms with E-state index in [1.165, 1.54) is 0 Å². The Bertz CT molecular complexity index is 769. The largest absolute Gasteiger partial charge is 0.359 e. The van der Waals surface area contributed by atoms with Crippen molar-refractivity contribution in [1.82, 2.24) is 25.7 Å². The molecule has 1 aliphatic rings. The van der Waals surface area contributed by atoms with E-state index in [-0.39, 0.29) is 24.0 Å². The van der Waals surface area contributed by atoms with Gasteiger partial charge in [-0.2, -0.15) is 0 Å². The fraction of sp³-hybridized carbons (Fsp3) is 0.609. The van der Waals surface area contributed by atoms with Crippen LogP contribution in [0.3, 0.4) is 0 Å². The van der Waals surface area contributed by atoms with Gasteiger partial charge in [0.1, 0.15) is 6.54 Å². The van der Waals surface area contributed by atoms with Gasteiger partial charge in [-0.15, -0.1) is 24.0 Å². The quantitative estimate of drug-likeness (QED) is 0.281. The second-order valence-corrected chi connectivity index (χ2v) is 7.94. The molecule has 3 heterocycles. The van der Waals surface area contributed by atoms with E-state index in [9.17, 15) is 0 Å². The number of nitrogens with zero attached hydrogens (tertiary/aromatic N) is 4. The summed E-state index contributed by atoms with van der Waals surface area (Å²) in [7, 11) is 0. The predicted molar refractivity (Wildman–Crippen MR) is 136 cm³/mol. The van der Waals surface area contributed by atoms with Crippen LogP contribution < -0.4 is 10.6 Å². The number of nitrogens with one attached hydrogen (secondary N) is 2. The van der Waals surface area contributed by atoms with Crippen molar-refractivity contribution in [2.75, 3.05) is 19.6 Å². The lowest BCUT2D eigenvalue weighted by Crippen LogP contribution is -2.48. The zero-order chi connectivity index (χ0) is 21.2. The molecule has 3 rings (SSSR count). The van der Waals surface area contributed by atoms with E-state index < -0.39 is 0 Å². The Kier molecular flexibility index (Phi) is 11.3. The molecule has 1 aliphatic heterocycles. The fourth-order valence-corrected chi connectivity index (χ4v) is 3.93. The Morgan fingerprint density at radius 2 is 2.00 bits per heavy atom. The van der Waals surface area contributed by atoms with Crippen LogP contribution in [0.1, 0.15) is 69.5 Å². The fourth-order valence-electron chi connectivity index (χ4n) is 3.93. The number of aromatic nitrogens is 2. The van der Waals surface area contributed by atoms with E-state index in [4.69, 9.17) is 9.52 Å². The third-order valence-corrected chi connectivity index (χ3v) is 5.76. The Morgan fingerprint density at radius 1 is 1.23 bits per heavy atom. The number of piperidine rings is 1. The van der Waals surface area contributed by atoms with Crippen LogP contribution >= 0.6 is 24.0 Å². The van der Waals surface area contributed by atoms with Crippen molar-refractivity contribution >= 4 is 29.9 Å². The number of pyridine rings is 1. The molecule has 31 heavy (non-hydrogen) atoms. The molecular formula is C23H37IN6O. The van der Waals surface area contributed by atoms with Gasteiger partial charge in [-0.1, -0.05) is 25.1 Å². The first-order chi connectivity index (χ1) is 14.7. The molecule has 2 aromatic heterocycles. The zero-order valence-electron chi connectivity index (χ0n) is 19.0. The first-order valence-electron chi connectivity index (χ1n) is 11.3. The van der Waals surface area contributed by atoms with Gasteiger partial charge in [-0.25, -0.2) is 4.99 Å². The lowest BCUT2D eigenvalue weighted by Gasteiger charge is -2.32. The van der Waals surface area contributed by atoms with E-state index in [1.807, 2.05) is 12.3 Å². The molecule has 0 aromatic carbocycles. The molecule has 2 aromatic rings. The number of hydrogen-bond donors (Lipinski definition) is 2. The smallest absolute Gasteiger partial charge is 0.191 e. The maximum atomic E-state index is 5.51. The Labute approximate surface area is 203 Å². The molecule has 0 radical (unpaired) electrons. The summed E-state index contributed by atoms with van der Waals surface area (Å²) < 4.78 is 5.51. The number of halogens is 1. The first kappa shape index (κ1) is 25.6. The van der Waals surface area contributed by atoms with Gasteiger partial charge in [0.05, 0.1) is 11.4 Å². The van der Waals surface area contributed by atoms with Crippen LogP contribution in [-0.4, -0.2) is 46.7 Å². The number of likely N-dealkylation sites (tertiary alicyclic amines) is 1. The zero-order valence-corrected chi connectivity index (χ0v) is 21.3. The van der Waals surface area contributed by atoms with Crippen LogP contribution in [0.25, 0.3) is 0 Å². The molecule has 0 unspecified atom stereocenters. The van der Waals surface area contributed by atoms with Crippen LogP contribution in [0.2, 0.25) is 0 Å². The highest BCUT2D eigenvalue weighted by atomic mass is 127. The van der Waals surface area contributed by atoms with Crippen LogP contribution in [0.4, 0.5) is 0 Å². The third kappa shape index (κ3) is 8.07. The second kappa shape index (κ2) is 13.7. The molecule has 172 valence electrons. The van der Waals surface area contributed by atoms with Gasteiger partial charge >= 0.3 is 0 Å². The normalized spacial score (nSPS) is 15.7. The van der Waals surface area contributed by atoms with Crippen molar-refractivity contribution < 1.29 is 4.52 Å². The minimum Gasteiger partial charge on any atom is -0.359 e. The summed E-state index contributed by atoms with van der Waals surface area (Å²) in [6, 6.07) is 8.60. The van der Waals surface area contributed by atoms with Gasteiger partial charge < -0.3 is 15.2 Å². The van der Waals surface area contributed by atoms with E-state index in [0.29, 0.717) is 18.5 Å². The molecule has 7 nitrogen and oxygen atoms in total.